The molecule has 0 radical (unpaired) electrons. The van der Waals surface area contributed by atoms with Crippen molar-refractivity contribution >= 4 is 39.7 Å². The number of carbonyl (C=O) groups is 1. The number of hydrogen-bond donors (Lipinski definition) is 0. The average Bonchev–Trinajstić information content (AvgIpc) is 2.93. The van der Waals surface area contributed by atoms with Crippen LogP contribution < -0.4 is 0 Å². The number of amides is 1. The molecule has 1 aromatic rings. The SMILES string of the molecule is CC(F)(F)C(C)(CCl)C(=O)N1N=CCC1c1cncc(Br)c1. The third-order valence-electron chi connectivity index (χ3n) is 3.86. The van der Waals surface area contributed by atoms with Gasteiger partial charge in [-0.1, -0.05) is 0 Å². The largest absolute Gasteiger partial charge is 0.272 e. The van der Waals surface area contributed by atoms with Gasteiger partial charge in [-0.05, 0) is 34.5 Å². The van der Waals surface area contributed by atoms with Crippen molar-refractivity contribution in [3.8, 4) is 0 Å². The van der Waals surface area contributed by atoms with E-state index in [9.17, 15) is 13.6 Å². The van der Waals surface area contributed by atoms with Crippen molar-refractivity contribution in [2.75, 3.05) is 5.88 Å². The molecule has 2 rings (SSSR count). The monoisotopic (exact) mass is 393 g/mol. The third kappa shape index (κ3) is 3.01. The maximum absolute atomic E-state index is 13.9. The highest BCUT2D eigenvalue weighted by Gasteiger charge is 2.54. The van der Waals surface area contributed by atoms with Crippen molar-refractivity contribution in [3.05, 3.63) is 28.5 Å². The molecule has 1 aliphatic rings. The van der Waals surface area contributed by atoms with Gasteiger partial charge in [0.05, 0.1) is 6.04 Å². The zero-order valence-electron chi connectivity index (χ0n) is 12.1. The molecule has 1 aliphatic heterocycles. The van der Waals surface area contributed by atoms with E-state index < -0.39 is 29.2 Å². The van der Waals surface area contributed by atoms with Crippen LogP contribution in [0.1, 0.15) is 31.9 Å². The molecule has 2 unspecified atom stereocenters. The second-order valence-electron chi connectivity index (χ2n) is 5.49. The second-order valence-corrected chi connectivity index (χ2v) is 6.67. The predicted molar refractivity (Wildman–Crippen MR) is 84.1 cm³/mol. The summed E-state index contributed by atoms with van der Waals surface area (Å²) in [7, 11) is 0. The molecule has 2 heterocycles. The molecular weight excluding hydrogens is 380 g/mol. The Bertz CT molecular complexity index is 608. The van der Waals surface area contributed by atoms with Gasteiger partial charge >= 0.3 is 0 Å². The molecule has 0 bridgehead atoms. The van der Waals surface area contributed by atoms with Crippen LogP contribution in [0.2, 0.25) is 0 Å². The molecule has 8 heteroatoms. The molecule has 2 atom stereocenters. The fourth-order valence-electron chi connectivity index (χ4n) is 2.11. The van der Waals surface area contributed by atoms with E-state index in [1.807, 2.05) is 0 Å². The Morgan fingerprint density at radius 1 is 1.50 bits per heavy atom. The van der Waals surface area contributed by atoms with Crippen LogP contribution in [0.15, 0.2) is 28.0 Å². The summed E-state index contributed by atoms with van der Waals surface area (Å²) in [6.07, 6.45) is 5.17. The van der Waals surface area contributed by atoms with Crippen LogP contribution in [0.25, 0.3) is 0 Å². The van der Waals surface area contributed by atoms with Crippen LogP contribution in [0.5, 0.6) is 0 Å². The first-order chi connectivity index (χ1) is 10.2. The van der Waals surface area contributed by atoms with Crippen molar-refractivity contribution in [1.82, 2.24) is 9.99 Å². The van der Waals surface area contributed by atoms with Gasteiger partial charge in [-0.15, -0.1) is 11.6 Å². The van der Waals surface area contributed by atoms with Gasteiger partial charge in [-0.2, -0.15) is 5.10 Å². The van der Waals surface area contributed by atoms with Crippen LogP contribution in [0, 0.1) is 5.41 Å². The summed E-state index contributed by atoms with van der Waals surface area (Å²) >= 11 is 8.99. The third-order valence-corrected chi connectivity index (χ3v) is 4.83. The number of hydrazone groups is 1. The smallest absolute Gasteiger partial charge is 0.260 e. The van der Waals surface area contributed by atoms with Gasteiger partial charge in [0.25, 0.3) is 11.8 Å². The number of halogens is 4. The molecule has 0 aliphatic carbocycles. The van der Waals surface area contributed by atoms with Gasteiger partial charge in [0, 0.05) is 42.3 Å². The maximum atomic E-state index is 13.9. The topological polar surface area (TPSA) is 45.6 Å². The minimum atomic E-state index is -3.26. The molecule has 0 aromatic carbocycles. The number of aromatic nitrogens is 1. The first-order valence-electron chi connectivity index (χ1n) is 6.61. The molecule has 4 nitrogen and oxygen atoms in total. The Balaban J connectivity index is 2.34. The Labute approximate surface area is 140 Å². The standard InChI is InChI=1S/C14H15BrClF2N3O/c1-13(8-16,14(2,17)18)12(22)21-11(3-4-20-21)9-5-10(15)7-19-6-9/h4-7,11H,3,8H2,1-2H3. The highest BCUT2D eigenvalue weighted by molar-refractivity contribution is 9.10. The number of nitrogens with zero attached hydrogens (tertiary/aromatic N) is 3. The first kappa shape index (κ1) is 17.3. The van der Waals surface area contributed by atoms with Crippen molar-refractivity contribution in [3.63, 3.8) is 0 Å². The highest BCUT2D eigenvalue weighted by atomic mass is 79.9. The Morgan fingerprint density at radius 2 is 2.18 bits per heavy atom. The number of pyridine rings is 1. The van der Waals surface area contributed by atoms with Crippen molar-refractivity contribution < 1.29 is 13.6 Å². The predicted octanol–water partition coefficient (Wildman–Crippen LogP) is 4.00. The van der Waals surface area contributed by atoms with E-state index in [1.165, 1.54) is 6.21 Å². The van der Waals surface area contributed by atoms with Crippen molar-refractivity contribution in [2.45, 2.75) is 32.2 Å². The normalized spacial score (nSPS) is 21.0. The molecule has 0 N–H and O–H groups in total. The fourth-order valence-corrected chi connectivity index (χ4v) is 2.84. The maximum Gasteiger partial charge on any atom is 0.260 e. The van der Waals surface area contributed by atoms with Crippen LogP contribution in [0.3, 0.4) is 0 Å². The highest BCUT2D eigenvalue weighted by Crippen LogP contribution is 2.42. The number of rotatable bonds is 4. The zero-order chi connectivity index (χ0) is 16.5. The molecule has 0 fully saturated rings. The van der Waals surface area contributed by atoms with E-state index in [4.69, 9.17) is 11.6 Å². The summed E-state index contributed by atoms with van der Waals surface area (Å²) in [6.45, 7) is 1.86. The van der Waals surface area contributed by atoms with Gasteiger partial charge in [0.15, 0.2) is 0 Å². The van der Waals surface area contributed by atoms with Crippen molar-refractivity contribution in [1.29, 1.82) is 0 Å². The summed E-state index contributed by atoms with van der Waals surface area (Å²) < 4.78 is 28.5. The Hall–Kier alpha value is -1.08. The van der Waals surface area contributed by atoms with Gasteiger partial charge in [0.2, 0.25) is 0 Å². The van der Waals surface area contributed by atoms with Crippen molar-refractivity contribution in [2.24, 2.45) is 10.5 Å². The Kier molecular flexibility index (Phi) is 4.87. The summed E-state index contributed by atoms with van der Waals surface area (Å²) in [5.41, 5.74) is -1.30. The zero-order valence-corrected chi connectivity index (χ0v) is 14.4. The Morgan fingerprint density at radius 3 is 2.73 bits per heavy atom. The van der Waals surface area contributed by atoms with Gasteiger partial charge in [-0.25, -0.2) is 13.8 Å². The molecule has 0 spiro atoms. The lowest BCUT2D eigenvalue weighted by Crippen LogP contribution is -2.51. The lowest BCUT2D eigenvalue weighted by Gasteiger charge is -2.36. The van der Waals surface area contributed by atoms with Gasteiger partial charge in [-0.3, -0.25) is 9.78 Å². The van der Waals surface area contributed by atoms with E-state index in [0.717, 1.165) is 22.0 Å². The minimum Gasteiger partial charge on any atom is -0.272 e. The van der Waals surface area contributed by atoms with E-state index in [0.29, 0.717) is 13.3 Å². The molecular formula is C14H15BrClF2N3O. The minimum absolute atomic E-state index is 0.442. The van der Waals surface area contributed by atoms with Gasteiger partial charge < -0.3 is 0 Å². The van der Waals surface area contributed by atoms with E-state index >= 15 is 0 Å². The molecule has 1 amide bonds. The molecule has 0 saturated heterocycles. The lowest BCUT2D eigenvalue weighted by atomic mass is 9.84. The number of alkyl halides is 3. The van der Waals surface area contributed by atoms with E-state index in [1.54, 1.807) is 18.5 Å². The van der Waals surface area contributed by atoms with Crippen LogP contribution >= 0.6 is 27.5 Å². The van der Waals surface area contributed by atoms with Crippen LogP contribution in [0.4, 0.5) is 8.78 Å². The molecule has 1 aromatic heterocycles. The molecule has 0 saturated carbocycles. The first-order valence-corrected chi connectivity index (χ1v) is 7.94. The molecule has 22 heavy (non-hydrogen) atoms. The molecule has 120 valence electrons. The number of carbonyl (C=O) groups excluding carboxylic acids is 1. The summed E-state index contributed by atoms with van der Waals surface area (Å²) in [6, 6.07) is 1.33. The summed E-state index contributed by atoms with van der Waals surface area (Å²) in [5, 5.41) is 5.06. The fraction of sp³-hybridized carbons (Fsp3) is 0.500. The summed E-state index contributed by atoms with van der Waals surface area (Å²) in [5.74, 6) is -4.55. The average molecular weight is 395 g/mol. The van der Waals surface area contributed by atoms with Crippen LogP contribution in [-0.2, 0) is 4.79 Å². The lowest BCUT2D eigenvalue weighted by molar-refractivity contribution is -0.163. The van der Waals surface area contributed by atoms with E-state index in [2.05, 4.69) is 26.0 Å². The van der Waals surface area contributed by atoms with Crippen LogP contribution in [-0.4, -0.2) is 33.9 Å². The summed E-state index contributed by atoms with van der Waals surface area (Å²) in [4.78, 5) is 16.7. The van der Waals surface area contributed by atoms with E-state index in [-0.39, 0.29) is 0 Å². The van der Waals surface area contributed by atoms with Gasteiger partial charge in [0.1, 0.15) is 5.41 Å². The second kappa shape index (κ2) is 6.20. The number of hydrogen-bond acceptors (Lipinski definition) is 3. The quantitative estimate of drug-likeness (QED) is 0.725.